The maximum Gasteiger partial charge on any atom is 0.343 e. The molecule has 2 N–H and O–H groups in total. The number of H-pyrrole nitrogens is 1. The highest BCUT2D eigenvalue weighted by Gasteiger charge is 2.03. The third-order valence-electron chi connectivity index (χ3n) is 2.83. The largest absolute Gasteiger partial charge is 0.482 e. The summed E-state index contributed by atoms with van der Waals surface area (Å²) < 4.78 is 9.76. The van der Waals surface area contributed by atoms with Crippen molar-refractivity contribution < 1.29 is 14.3 Å². The fraction of sp³-hybridized carbons (Fsp3) is 0.286. The lowest BCUT2D eigenvalue weighted by molar-refractivity contribution is -0.142. The van der Waals surface area contributed by atoms with Gasteiger partial charge in [-0.2, -0.15) is 0 Å². The van der Waals surface area contributed by atoms with Gasteiger partial charge in [0.15, 0.2) is 6.61 Å². The zero-order valence-electron chi connectivity index (χ0n) is 11.5. The number of carbonyl (C=O) groups excluding carboxylic acids is 1. The van der Waals surface area contributed by atoms with Gasteiger partial charge < -0.3 is 19.8 Å². The normalized spacial score (nSPS) is 10.1. The number of aromatic nitrogens is 2. The summed E-state index contributed by atoms with van der Waals surface area (Å²) in [5.41, 5.74) is 2.99. The van der Waals surface area contributed by atoms with Crippen molar-refractivity contribution in [1.29, 1.82) is 0 Å². The second-order valence-corrected chi connectivity index (χ2v) is 4.22. The lowest BCUT2D eigenvalue weighted by Gasteiger charge is -2.08. The number of methoxy groups -OCH3 is 1. The third-order valence-corrected chi connectivity index (χ3v) is 2.83. The van der Waals surface area contributed by atoms with E-state index in [9.17, 15) is 4.79 Å². The van der Waals surface area contributed by atoms with Gasteiger partial charge in [-0.1, -0.05) is 0 Å². The average Bonchev–Trinajstić information content (AvgIpc) is 2.89. The molecular formula is C14H17N3O3. The fourth-order valence-corrected chi connectivity index (χ4v) is 1.62. The number of hydrogen-bond acceptors (Lipinski definition) is 5. The molecule has 1 heterocycles. The van der Waals surface area contributed by atoms with Crippen LogP contribution in [0.2, 0.25) is 0 Å². The summed E-state index contributed by atoms with van der Waals surface area (Å²) in [6, 6.07) is 7.36. The van der Waals surface area contributed by atoms with Gasteiger partial charge in [0.2, 0.25) is 0 Å². The first kappa shape index (κ1) is 13.9. The first-order valence-electron chi connectivity index (χ1n) is 6.21. The molecular weight excluding hydrogens is 258 g/mol. The van der Waals surface area contributed by atoms with E-state index in [1.165, 1.54) is 7.11 Å². The molecule has 0 saturated carbocycles. The topological polar surface area (TPSA) is 76.2 Å². The molecule has 2 aromatic rings. The van der Waals surface area contributed by atoms with Crippen molar-refractivity contribution >= 4 is 11.7 Å². The Morgan fingerprint density at radius 2 is 2.10 bits per heavy atom. The Labute approximate surface area is 117 Å². The zero-order chi connectivity index (χ0) is 14.4. The molecule has 6 heteroatoms. The summed E-state index contributed by atoms with van der Waals surface area (Å²) in [5.74, 6) is 0.220. The van der Waals surface area contributed by atoms with Gasteiger partial charge in [0, 0.05) is 11.4 Å². The van der Waals surface area contributed by atoms with E-state index in [2.05, 4.69) is 20.0 Å². The van der Waals surface area contributed by atoms with Crippen molar-refractivity contribution in [2.24, 2.45) is 0 Å². The maximum absolute atomic E-state index is 10.9. The minimum atomic E-state index is -0.402. The van der Waals surface area contributed by atoms with Crippen LogP contribution in [-0.2, 0) is 16.1 Å². The van der Waals surface area contributed by atoms with E-state index in [1.807, 2.05) is 19.1 Å². The lowest BCUT2D eigenvalue weighted by atomic mass is 10.3. The second kappa shape index (κ2) is 6.60. The van der Waals surface area contributed by atoms with E-state index in [0.717, 1.165) is 17.1 Å². The van der Waals surface area contributed by atoms with Gasteiger partial charge in [-0.05, 0) is 31.2 Å². The van der Waals surface area contributed by atoms with Gasteiger partial charge in [-0.25, -0.2) is 9.78 Å². The van der Waals surface area contributed by atoms with Crippen LogP contribution in [0, 0.1) is 6.92 Å². The number of benzene rings is 1. The van der Waals surface area contributed by atoms with E-state index in [4.69, 9.17) is 4.74 Å². The van der Waals surface area contributed by atoms with Gasteiger partial charge in [0.1, 0.15) is 5.75 Å². The van der Waals surface area contributed by atoms with Crippen LogP contribution < -0.4 is 10.1 Å². The van der Waals surface area contributed by atoms with E-state index in [0.29, 0.717) is 12.3 Å². The summed E-state index contributed by atoms with van der Waals surface area (Å²) in [5, 5.41) is 3.26. The molecule has 106 valence electrons. The van der Waals surface area contributed by atoms with E-state index < -0.39 is 5.97 Å². The highest BCUT2D eigenvalue weighted by Crippen LogP contribution is 2.16. The van der Waals surface area contributed by atoms with Gasteiger partial charge >= 0.3 is 5.97 Å². The lowest BCUT2D eigenvalue weighted by Crippen LogP contribution is -2.12. The van der Waals surface area contributed by atoms with Gasteiger partial charge in [0.05, 0.1) is 25.7 Å². The summed E-state index contributed by atoms with van der Waals surface area (Å²) >= 11 is 0. The molecule has 6 nitrogen and oxygen atoms in total. The summed E-state index contributed by atoms with van der Waals surface area (Å²) in [7, 11) is 1.33. The maximum atomic E-state index is 10.9. The molecule has 0 atom stereocenters. The molecule has 0 aliphatic rings. The molecule has 0 saturated heterocycles. The van der Waals surface area contributed by atoms with Gasteiger partial charge in [0.25, 0.3) is 0 Å². The number of nitrogens with zero attached hydrogens (tertiary/aromatic N) is 1. The standard InChI is InChI=1S/C14H17N3O3/c1-10-13(17-9-16-10)7-15-11-3-5-12(6-4-11)20-8-14(18)19-2/h3-6,9,15H,7-8H2,1-2H3,(H,16,17). The number of ether oxygens (including phenoxy) is 2. The third kappa shape index (κ3) is 3.74. The number of aromatic amines is 1. The quantitative estimate of drug-likeness (QED) is 0.787. The predicted octanol–water partition coefficient (Wildman–Crippen LogP) is 1.88. The highest BCUT2D eigenvalue weighted by molar-refractivity contribution is 5.70. The first-order valence-corrected chi connectivity index (χ1v) is 6.21. The molecule has 1 aromatic carbocycles. The Morgan fingerprint density at radius 1 is 1.35 bits per heavy atom. The number of anilines is 1. The number of rotatable bonds is 6. The Morgan fingerprint density at radius 3 is 2.70 bits per heavy atom. The van der Waals surface area contributed by atoms with E-state index >= 15 is 0 Å². The average molecular weight is 275 g/mol. The number of aryl methyl sites for hydroxylation is 1. The van der Waals surface area contributed by atoms with Crippen LogP contribution in [0.25, 0.3) is 0 Å². The van der Waals surface area contributed by atoms with Crippen LogP contribution >= 0.6 is 0 Å². The van der Waals surface area contributed by atoms with Crippen LogP contribution in [0.1, 0.15) is 11.4 Å². The van der Waals surface area contributed by atoms with Crippen molar-refractivity contribution in [2.75, 3.05) is 19.0 Å². The molecule has 0 fully saturated rings. The minimum absolute atomic E-state index is 0.0876. The van der Waals surface area contributed by atoms with Crippen molar-refractivity contribution in [1.82, 2.24) is 9.97 Å². The van der Waals surface area contributed by atoms with Crippen LogP contribution in [-0.4, -0.2) is 29.7 Å². The van der Waals surface area contributed by atoms with Crippen LogP contribution in [0.3, 0.4) is 0 Å². The molecule has 0 aliphatic carbocycles. The zero-order valence-corrected chi connectivity index (χ0v) is 11.5. The summed E-state index contributed by atoms with van der Waals surface area (Å²) in [6.45, 7) is 2.54. The SMILES string of the molecule is COC(=O)COc1ccc(NCc2nc[nH]c2C)cc1. The summed E-state index contributed by atoms with van der Waals surface area (Å²) in [6.07, 6.45) is 1.68. The molecule has 0 aliphatic heterocycles. The summed E-state index contributed by atoms with van der Waals surface area (Å²) in [4.78, 5) is 18.2. The minimum Gasteiger partial charge on any atom is -0.482 e. The van der Waals surface area contributed by atoms with Gasteiger partial charge in [-0.3, -0.25) is 0 Å². The molecule has 0 unspecified atom stereocenters. The molecule has 0 amide bonds. The molecule has 2 rings (SSSR count). The Balaban J connectivity index is 1.85. The number of nitrogens with one attached hydrogen (secondary N) is 2. The molecule has 0 radical (unpaired) electrons. The van der Waals surface area contributed by atoms with Crippen LogP contribution in [0.15, 0.2) is 30.6 Å². The van der Waals surface area contributed by atoms with E-state index in [-0.39, 0.29) is 6.61 Å². The first-order chi connectivity index (χ1) is 9.69. The number of hydrogen-bond donors (Lipinski definition) is 2. The number of imidazole rings is 1. The molecule has 0 bridgehead atoms. The predicted molar refractivity (Wildman–Crippen MR) is 74.6 cm³/mol. The molecule has 20 heavy (non-hydrogen) atoms. The van der Waals surface area contributed by atoms with Crippen LogP contribution in [0.4, 0.5) is 5.69 Å². The van der Waals surface area contributed by atoms with Crippen molar-refractivity contribution in [3.8, 4) is 5.75 Å². The Bertz CT molecular complexity index is 563. The van der Waals surface area contributed by atoms with Crippen molar-refractivity contribution in [2.45, 2.75) is 13.5 Å². The van der Waals surface area contributed by atoms with Crippen molar-refractivity contribution in [3.63, 3.8) is 0 Å². The number of carbonyl (C=O) groups is 1. The highest BCUT2D eigenvalue weighted by atomic mass is 16.6. The van der Waals surface area contributed by atoms with Crippen LogP contribution in [0.5, 0.6) is 5.75 Å². The number of esters is 1. The van der Waals surface area contributed by atoms with E-state index in [1.54, 1.807) is 18.5 Å². The Hall–Kier alpha value is -2.50. The molecule has 1 aromatic heterocycles. The van der Waals surface area contributed by atoms with Gasteiger partial charge in [-0.15, -0.1) is 0 Å². The molecule has 0 spiro atoms. The Kier molecular flexibility index (Phi) is 4.60. The monoisotopic (exact) mass is 275 g/mol. The van der Waals surface area contributed by atoms with Crippen molar-refractivity contribution in [3.05, 3.63) is 42.0 Å². The second-order valence-electron chi connectivity index (χ2n) is 4.22. The fourth-order valence-electron chi connectivity index (χ4n) is 1.62. The smallest absolute Gasteiger partial charge is 0.343 e.